The summed E-state index contributed by atoms with van der Waals surface area (Å²) in [5.74, 6) is -2.35. The summed E-state index contributed by atoms with van der Waals surface area (Å²) in [4.78, 5) is 44.5. The molecule has 2 atom stereocenters. The first kappa shape index (κ1) is 24.6. The Kier molecular flexibility index (Phi) is 7.21. The minimum atomic E-state index is -0.955. The van der Waals surface area contributed by atoms with E-state index >= 15 is 0 Å². The van der Waals surface area contributed by atoms with Crippen LogP contribution in [0.25, 0.3) is 0 Å². The van der Waals surface area contributed by atoms with Crippen molar-refractivity contribution in [2.24, 2.45) is 5.92 Å². The van der Waals surface area contributed by atoms with Gasteiger partial charge in [-0.2, -0.15) is 0 Å². The summed E-state index contributed by atoms with van der Waals surface area (Å²) < 4.78 is 27.3. The predicted octanol–water partition coefficient (Wildman–Crippen LogP) is 3.39. The van der Waals surface area contributed by atoms with Gasteiger partial charge < -0.3 is 15.1 Å². The van der Waals surface area contributed by atoms with Gasteiger partial charge in [-0.15, -0.1) is 0 Å². The minimum absolute atomic E-state index is 0.106. The van der Waals surface area contributed by atoms with Crippen LogP contribution in [0, 0.1) is 17.6 Å². The van der Waals surface area contributed by atoms with Crippen LogP contribution >= 0.6 is 0 Å². The lowest BCUT2D eigenvalue weighted by atomic mass is 9.74. The number of halogens is 2. The molecule has 0 bridgehead atoms. The van der Waals surface area contributed by atoms with Crippen molar-refractivity contribution in [3.8, 4) is 0 Å². The van der Waals surface area contributed by atoms with Crippen molar-refractivity contribution in [2.75, 3.05) is 33.2 Å². The van der Waals surface area contributed by atoms with E-state index in [0.29, 0.717) is 51.0 Å². The number of piperidine rings is 1. The molecule has 1 aromatic carbocycles. The molecule has 0 aliphatic carbocycles. The van der Waals surface area contributed by atoms with Crippen LogP contribution in [0.15, 0.2) is 18.2 Å². The van der Waals surface area contributed by atoms with E-state index in [0.717, 1.165) is 44.4 Å². The first-order chi connectivity index (χ1) is 16.3. The maximum absolute atomic E-state index is 14.1. The highest BCUT2D eigenvalue weighted by atomic mass is 19.1. The lowest BCUT2D eigenvalue weighted by molar-refractivity contribution is -0.134. The van der Waals surface area contributed by atoms with Gasteiger partial charge in [-0.3, -0.25) is 14.5 Å². The van der Waals surface area contributed by atoms with Crippen molar-refractivity contribution in [2.45, 2.75) is 63.5 Å². The van der Waals surface area contributed by atoms with Gasteiger partial charge in [0.2, 0.25) is 0 Å². The van der Waals surface area contributed by atoms with Crippen molar-refractivity contribution in [3.05, 3.63) is 35.4 Å². The highest BCUT2D eigenvalue weighted by Gasteiger charge is 2.55. The molecule has 0 aromatic heterocycles. The maximum Gasteiger partial charge on any atom is 0.325 e. The number of nitrogens with one attached hydrogen (secondary N) is 1. The van der Waals surface area contributed by atoms with Gasteiger partial charge in [-0.25, -0.2) is 13.6 Å². The molecule has 186 valence electrons. The standard InChI is InChI=1S/C25H34F2N4O3/c1-3-11-25(23(33)31(24(34)28-25)15-10-19-5-4-12-29(19)2)17-8-13-30(14-9-17)22(32)20-7-6-18(26)16-21(20)27/h6-7,16-17,19H,3-5,8-15H2,1-2H3,(H,28,34)/t19-,25-/m1/s1. The Morgan fingerprint density at radius 3 is 2.50 bits per heavy atom. The molecule has 1 N–H and O–H groups in total. The second kappa shape index (κ2) is 9.98. The van der Waals surface area contributed by atoms with Gasteiger partial charge in [0, 0.05) is 31.7 Å². The van der Waals surface area contributed by atoms with E-state index in [1.807, 2.05) is 6.92 Å². The monoisotopic (exact) mass is 476 g/mol. The molecule has 7 nitrogen and oxygen atoms in total. The van der Waals surface area contributed by atoms with E-state index in [1.165, 1.54) is 4.90 Å². The first-order valence-corrected chi connectivity index (χ1v) is 12.4. The van der Waals surface area contributed by atoms with Gasteiger partial charge in [0.1, 0.15) is 17.2 Å². The van der Waals surface area contributed by atoms with Crippen LogP contribution in [0.2, 0.25) is 0 Å². The summed E-state index contributed by atoms with van der Waals surface area (Å²) in [5, 5.41) is 3.03. The number of amides is 4. The SMILES string of the molecule is CCC[C@]1(C2CCN(C(=O)c3ccc(F)cc3F)CC2)NC(=O)N(CC[C@H]2CCCN2C)C1=O. The van der Waals surface area contributed by atoms with E-state index in [4.69, 9.17) is 0 Å². The molecule has 0 saturated carbocycles. The van der Waals surface area contributed by atoms with Crippen molar-refractivity contribution in [1.29, 1.82) is 0 Å². The second-order valence-electron chi connectivity index (χ2n) is 9.86. The number of hydrogen-bond donors (Lipinski definition) is 1. The minimum Gasteiger partial charge on any atom is -0.339 e. The molecule has 3 aliphatic rings. The van der Waals surface area contributed by atoms with Crippen molar-refractivity contribution >= 4 is 17.8 Å². The fourth-order valence-corrected chi connectivity index (χ4v) is 5.92. The molecule has 4 rings (SSSR count). The smallest absolute Gasteiger partial charge is 0.325 e. The molecular formula is C25H34F2N4O3. The van der Waals surface area contributed by atoms with E-state index in [-0.39, 0.29) is 23.4 Å². The molecule has 3 aliphatic heterocycles. The molecule has 4 amide bonds. The predicted molar refractivity (Wildman–Crippen MR) is 123 cm³/mol. The number of rotatable bonds is 7. The summed E-state index contributed by atoms with van der Waals surface area (Å²) in [6.45, 7) is 4.15. The second-order valence-corrected chi connectivity index (χ2v) is 9.86. The van der Waals surface area contributed by atoms with E-state index in [1.54, 1.807) is 4.90 Å². The zero-order chi connectivity index (χ0) is 24.5. The van der Waals surface area contributed by atoms with Gasteiger partial charge in [-0.05, 0) is 70.2 Å². The van der Waals surface area contributed by atoms with Crippen LogP contribution in [0.5, 0.6) is 0 Å². The quantitative estimate of drug-likeness (QED) is 0.613. The van der Waals surface area contributed by atoms with Crippen LogP contribution in [-0.2, 0) is 4.79 Å². The molecule has 0 spiro atoms. The highest BCUT2D eigenvalue weighted by Crippen LogP contribution is 2.37. The summed E-state index contributed by atoms with van der Waals surface area (Å²) in [6.07, 6.45) is 5.34. The maximum atomic E-state index is 14.1. The van der Waals surface area contributed by atoms with Crippen LogP contribution in [0.1, 0.15) is 62.2 Å². The van der Waals surface area contributed by atoms with Crippen molar-refractivity contribution in [1.82, 2.24) is 20.0 Å². The molecule has 3 saturated heterocycles. The van der Waals surface area contributed by atoms with Crippen LogP contribution in [0.4, 0.5) is 13.6 Å². The Morgan fingerprint density at radius 1 is 1.15 bits per heavy atom. The van der Waals surface area contributed by atoms with Gasteiger partial charge in [0.25, 0.3) is 11.8 Å². The highest BCUT2D eigenvalue weighted by molar-refractivity contribution is 6.07. The zero-order valence-electron chi connectivity index (χ0n) is 20.0. The van der Waals surface area contributed by atoms with Crippen molar-refractivity contribution in [3.63, 3.8) is 0 Å². The Hall–Kier alpha value is -2.55. The number of benzene rings is 1. The number of nitrogens with zero attached hydrogens (tertiary/aromatic N) is 3. The fraction of sp³-hybridized carbons (Fsp3) is 0.640. The third-order valence-corrected chi connectivity index (χ3v) is 7.84. The van der Waals surface area contributed by atoms with Crippen molar-refractivity contribution < 1.29 is 23.2 Å². The average Bonchev–Trinajstić information content (AvgIpc) is 3.32. The van der Waals surface area contributed by atoms with Gasteiger partial charge in [0.15, 0.2) is 0 Å². The zero-order valence-corrected chi connectivity index (χ0v) is 20.0. The lowest BCUT2D eigenvalue weighted by Gasteiger charge is -2.41. The summed E-state index contributed by atoms with van der Waals surface area (Å²) >= 11 is 0. The number of likely N-dealkylation sites (tertiary alicyclic amines) is 2. The third kappa shape index (κ3) is 4.54. The lowest BCUT2D eigenvalue weighted by Crippen LogP contribution is -2.56. The summed E-state index contributed by atoms with van der Waals surface area (Å²) in [7, 11) is 2.08. The Balaban J connectivity index is 1.42. The first-order valence-electron chi connectivity index (χ1n) is 12.4. The third-order valence-electron chi connectivity index (χ3n) is 7.84. The normalized spacial score (nSPS) is 26.4. The van der Waals surface area contributed by atoms with Crippen LogP contribution in [0.3, 0.4) is 0 Å². The fourth-order valence-electron chi connectivity index (χ4n) is 5.92. The van der Waals surface area contributed by atoms with Crippen LogP contribution in [-0.4, -0.2) is 77.4 Å². The average molecular weight is 477 g/mol. The molecule has 9 heteroatoms. The Bertz CT molecular complexity index is 950. The molecule has 1 aromatic rings. The van der Waals surface area contributed by atoms with Gasteiger partial charge >= 0.3 is 6.03 Å². The Morgan fingerprint density at radius 2 is 1.88 bits per heavy atom. The number of hydrogen-bond acceptors (Lipinski definition) is 4. The molecular weight excluding hydrogens is 442 g/mol. The number of imide groups is 1. The summed E-state index contributed by atoms with van der Waals surface area (Å²) in [5.41, 5.74) is -1.11. The molecule has 3 fully saturated rings. The number of carbonyl (C=O) groups is 3. The van der Waals surface area contributed by atoms with E-state index in [2.05, 4.69) is 17.3 Å². The van der Waals surface area contributed by atoms with Gasteiger partial charge in [-0.1, -0.05) is 13.3 Å². The Labute approximate surface area is 199 Å². The largest absolute Gasteiger partial charge is 0.339 e. The molecule has 0 radical (unpaired) electrons. The number of urea groups is 1. The number of carbonyl (C=O) groups excluding carboxylic acids is 3. The van der Waals surface area contributed by atoms with E-state index in [9.17, 15) is 23.2 Å². The van der Waals surface area contributed by atoms with Gasteiger partial charge in [0.05, 0.1) is 5.56 Å². The van der Waals surface area contributed by atoms with E-state index < -0.39 is 23.1 Å². The molecule has 3 heterocycles. The summed E-state index contributed by atoms with van der Waals surface area (Å²) in [6, 6.07) is 3.01. The molecule has 34 heavy (non-hydrogen) atoms. The topological polar surface area (TPSA) is 73.0 Å². The molecule has 0 unspecified atom stereocenters. The van der Waals surface area contributed by atoms with Crippen LogP contribution < -0.4 is 5.32 Å².